The average molecular weight is 479 g/mol. The summed E-state index contributed by atoms with van der Waals surface area (Å²) in [4.78, 5) is 21.6. The summed E-state index contributed by atoms with van der Waals surface area (Å²) >= 11 is 0. The molecular formula is C24H29F3N4O3. The number of aryl methyl sites for hydroxylation is 1. The molecule has 2 heterocycles. The molecule has 1 aliphatic carbocycles. The van der Waals surface area contributed by atoms with E-state index in [-0.39, 0.29) is 23.9 Å². The van der Waals surface area contributed by atoms with Crippen molar-refractivity contribution in [1.29, 1.82) is 0 Å². The lowest BCUT2D eigenvalue weighted by atomic mass is 9.93. The van der Waals surface area contributed by atoms with E-state index >= 15 is 0 Å². The van der Waals surface area contributed by atoms with Crippen molar-refractivity contribution < 1.29 is 27.4 Å². The highest BCUT2D eigenvalue weighted by molar-refractivity contribution is 5.79. The van der Waals surface area contributed by atoms with Gasteiger partial charge >= 0.3 is 6.18 Å². The Morgan fingerprint density at radius 2 is 1.88 bits per heavy atom. The van der Waals surface area contributed by atoms with Gasteiger partial charge in [0.25, 0.3) is 0 Å². The summed E-state index contributed by atoms with van der Waals surface area (Å²) in [6, 6.07) is 3.82. The summed E-state index contributed by atoms with van der Waals surface area (Å²) in [5, 5.41) is 6.24. The summed E-state index contributed by atoms with van der Waals surface area (Å²) in [7, 11) is 0. The van der Waals surface area contributed by atoms with Crippen molar-refractivity contribution in [2.24, 2.45) is 0 Å². The minimum atomic E-state index is -4.44. The van der Waals surface area contributed by atoms with Crippen molar-refractivity contribution in [3.8, 4) is 0 Å². The number of benzene rings is 1. The van der Waals surface area contributed by atoms with Crippen LogP contribution in [0.2, 0.25) is 0 Å². The topological polar surface area (TPSA) is 85.4 Å². The maximum atomic E-state index is 13.4. The number of carbonyl (C=O) groups excluding carboxylic acids is 1. The zero-order chi connectivity index (χ0) is 24.5. The molecule has 2 fully saturated rings. The highest BCUT2D eigenvalue weighted by Crippen LogP contribution is 2.37. The minimum absolute atomic E-state index is 0.0318. The third-order valence-corrected chi connectivity index (χ3v) is 6.29. The highest BCUT2D eigenvalue weighted by atomic mass is 19.4. The minimum Gasteiger partial charge on any atom is -0.363 e. The van der Waals surface area contributed by atoms with Gasteiger partial charge in [-0.2, -0.15) is 13.2 Å². The van der Waals surface area contributed by atoms with Crippen LogP contribution in [0.4, 0.5) is 19.0 Å². The van der Waals surface area contributed by atoms with Gasteiger partial charge in [0.15, 0.2) is 6.29 Å². The van der Waals surface area contributed by atoms with Crippen molar-refractivity contribution >= 4 is 11.7 Å². The molecule has 0 unspecified atom stereocenters. The molecule has 10 heteroatoms. The Bertz CT molecular complexity index is 1050. The molecule has 0 spiro atoms. The van der Waals surface area contributed by atoms with Crippen LogP contribution >= 0.6 is 0 Å². The van der Waals surface area contributed by atoms with E-state index in [1.165, 1.54) is 13.0 Å². The molecule has 184 valence electrons. The summed E-state index contributed by atoms with van der Waals surface area (Å²) < 4.78 is 51.7. The lowest BCUT2D eigenvalue weighted by molar-refractivity contribution is -0.138. The number of carbonyl (C=O) groups is 1. The summed E-state index contributed by atoms with van der Waals surface area (Å²) in [5.74, 6) is 0.675. The first-order valence-corrected chi connectivity index (χ1v) is 11.5. The molecule has 7 nitrogen and oxygen atoms in total. The first kappa shape index (κ1) is 24.4. The second-order valence-electron chi connectivity index (χ2n) is 8.81. The van der Waals surface area contributed by atoms with Gasteiger partial charge in [-0.1, -0.05) is 12.1 Å². The van der Waals surface area contributed by atoms with E-state index < -0.39 is 24.1 Å². The van der Waals surface area contributed by atoms with Crippen LogP contribution in [0.5, 0.6) is 0 Å². The number of anilines is 1. The third-order valence-electron chi connectivity index (χ3n) is 6.29. The van der Waals surface area contributed by atoms with Gasteiger partial charge in [-0.15, -0.1) is 0 Å². The van der Waals surface area contributed by atoms with Gasteiger partial charge in [-0.3, -0.25) is 4.79 Å². The van der Waals surface area contributed by atoms with Gasteiger partial charge < -0.3 is 20.1 Å². The monoisotopic (exact) mass is 478 g/mol. The van der Waals surface area contributed by atoms with Crippen molar-refractivity contribution in [3.63, 3.8) is 0 Å². The number of hydrogen-bond acceptors (Lipinski definition) is 6. The second kappa shape index (κ2) is 9.87. The summed E-state index contributed by atoms with van der Waals surface area (Å²) in [6.45, 7) is 5.70. The second-order valence-corrected chi connectivity index (χ2v) is 8.81. The smallest absolute Gasteiger partial charge is 0.363 e. The Morgan fingerprint density at radius 1 is 1.18 bits per heavy atom. The molecule has 2 aromatic rings. The standard InChI is InChI=1S/C24H29F3N4O3/c1-13-17(8-5-9-18(13)24(25,26)27)14(2)28-22-21(23-33-10-11-34-23)19(29-15(3)30-22)12-20(32)31-16-6-4-7-16/h5,8-9,14,16,23H,4,6-7,10-12H2,1-3H3,(H,31,32)(H,28,29,30)/t14-/m1/s1. The van der Waals surface area contributed by atoms with Crippen LogP contribution in [0.1, 0.15) is 72.3 Å². The van der Waals surface area contributed by atoms with Gasteiger partial charge in [0.1, 0.15) is 11.6 Å². The average Bonchev–Trinajstić information content (AvgIpc) is 3.24. The van der Waals surface area contributed by atoms with Crippen LogP contribution in [0.15, 0.2) is 18.2 Å². The van der Waals surface area contributed by atoms with Crippen molar-refractivity contribution in [1.82, 2.24) is 15.3 Å². The van der Waals surface area contributed by atoms with E-state index in [0.29, 0.717) is 41.7 Å². The number of aromatic nitrogens is 2. The first-order chi connectivity index (χ1) is 16.1. The van der Waals surface area contributed by atoms with E-state index in [4.69, 9.17) is 9.47 Å². The molecule has 1 aromatic carbocycles. The van der Waals surface area contributed by atoms with E-state index in [0.717, 1.165) is 25.3 Å². The lowest BCUT2D eigenvalue weighted by Crippen LogP contribution is -2.40. The maximum absolute atomic E-state index is 13.4. The highest BCUT2D eigenvalue weighted by Gasteiger charge is 2.34. The predicted octanol–water partition coefficient (Wildman–Crippen LogP) is 4.54. The molecule has 1 amide bonds. The molecular weight excluding hydrogens is 449 g/mol. The van der Waals surface area contributed by atoms with Crippen LogP contribution < -0.4 is 10.6 Å². The molecule has 34 heavy (non-hydrogen) atoms. The largest absolute Gasteiger partial charge is 0.416 e. The Morgan fingerprint density at radius 3 is 2.50 bits per heavy atom. The van der Waals surface area contributed by atoms with Crippen molar-refractivity contribution in [2.75, 3.05) is 18.5 Å². The van der Waals surface area contributed by atoms with Gasteiger partial charge in [-0.25, -0.2) is 9.97 Å². The Balaban J connectivity index is 1.65. The molecule has 0 radical (unpaired) electrons. The normalized spacial score (nSPS) is 17.9. The lowest BCUT2D eigenvalue weighted by Gasteiger charge is -2.27. The molecule has 0 bridgehead atoms. The first-order valence-electron chi connectivity index (χ1n) is 11.5. The van der Waals surface area contributed by atoms with Crippen molar-refractivity contribution in [3.05, 3.63) is 52.0 Å². The van der Waals surface area contributed by atoms with Crippen LogP contribution in [-0.2, 0) is 26.9 Å². The van der Waals surface area contributed by atoms with E-state index in [2.05, 4.69) is 20.6 Å². The number of alkyl halides is 3. The molecule has 1 saturated carbocycles. The molecule has 1 aromatic heterocycles. The zero-order valence-electron chi connectivity index (χ0n) is 19.5. The van der Waals surface area contributed by atoms with Gasteiger partial charge in [0.05, 0.1) is 42.5 Å². The van der Waals surface area contributed by atoms with Crippen LogP contribution in [-0.4, -0.2) is 35.1 Å². The number of halogens is 3. The molecule has 1 atom stereocenters. The van der Waals surface area contributed by atoms with Crippen LogP contribution in [0, 0.1) is 13.8 Å². The fourth-order valence-electron chi connectivity index (χ4n) is 4.35. The number of ether oxygens (including phenoxy) is 2. The zero-order valence-corrected chi connectivity index (χ0v) is 19.5. The van der Waals surface area contributed by atoms with Gasteiger partial charge in [-0.05, 0) is 57.2 Å². The molecule has 2 N–H and O–H groups in total. The summed E-state index contributed by atoms with van der Waals surface area (Å²) in [5.41, 5.74) is 0.953. The third kappa shape index (κ3) is 5.33. The van der Waals surface area contributed by atoms with Gasteiger partial charge in [0.2, 0.25) is 5.91 Å². The van der Waals surface area contributed by atoms with Crippen molar-refractivity contribution in [2.45, 2.75) is 71.0 Å². The fourth-order valence-corrected chi connectivity index (χ4v) is 4.35. The van der Waals surface area contributed by atoms with E-state index in [1.54, 1.807) is 19.9 Å². The fraction of sp³-hybridized carbons (Fsp3) is 0.542. The number of rotatable bonds is 7. The summed E-state index contributed by atoms with van der Waals surface area (Å²) in [6.07, 6.45) is -2.13. The Hall–Kier alpha value is -2.72. The van der Waals surface area contributed by atoms with Crippen LogP contribution in [0.3, 0.4) is 0 Å². The maximum Gasteiger partial charge on any atom is 0.416 e. The molecule has 4 rings (SSSR count). The van der Waals surface area contributed by atoms with Crippen LogP contribution in [0.25, 0.3) is 0 Å². The SMILES string of the molecule is Cc1nc(CC(=O)NC2CCC2)c(C2OCCO2)c(N[C@H](C)c2cccc(C(F)(F)F)c2C)n1. The predicted molar refractivity (Wildman–Crippen MR) is 119 cm³/mol. The number of nitrogens with zero attached hydrogens (tertiary/aromatic N) is 2. The Labute approximate surface area is 196 Å². The molecule has 1 aliphatic heterocycles. The molecule has 2 aliphatic rings. The van der Waals surface area contributed by atoms with Gasteiger partial charge in [0, 0.05) is 6.04 Å². The quantitative estimate of drug-likeness (QED) is 0.608. The van der Waals surface area contributed by atoms with E-state index in [9.17, 15) is 18.0 Å². The number of amides is 1. The molecule has 1 saturated heterocycles. The number of nitrogens with one attached hydrogen (secondary N) is 2. The number of hydrogen-bond donors (Lipinski definition) is 2. The van der Waals surface area contributed by atoms with E-state index in [1.807, 2.05) is 0 Å². The Kier molecular flexibility index (Phi) is 7.09.